The van der Waals surface area contributed by atoms with Crippen molar-refractivity contribution in [3.63, 3.8) is 0 Å². The smallest absolute Gasteiger partial charge is 0.300 e. The highest BCUT2D eigenvalue weighted by atomic mass is 19.1. The molecule has 0 saturated carbocycles. The van der Waals surface area contributed by atoms with E-state index < -0.39 is 23.5 Å². The second-order valence-electron chi connectivity index (χ2n) is 6.79. The highest BCUT2D eigenvalue weighted by molar-refractivity contribution is 6.51. The van der Waals surface area contributed by atoms with E-state index in [9.17, 15) is 19.1 Å². The first kappa shape index (κ1) is 19.4. The Morgan fingerprint density at radius 1 is 0.967 bits per heavy atom. The van der Waals surface area contributed by atoms with Crippen LogP contribution >= 0.6 is 0 Å². The lowest BCUT2D eigenvalue weighted by Gasteiger charge is -2.25. The van der Waals surface area contributed by atoms with Gasteiger partial charge in [0.15, 0.2) is 0 Å². The Balaban J connectivity index is 1.96. The summed E-state index contributed by atoms with van der Waals surface area (Å²) in [7, 11) is 1.49. The van der Waals surface area contributed by atoms with E-state index in [-0.39, 0.29) is 11.3 Å². The van der Waals surface area contributed by atoms with Crippen molar-refractivity contribution < 1.29 is 23.8 Å². The number of ketones is 1. The highest BCUT2D eigenvalue weighted by Crippen LogP contribution is 2.42. The number of benzene rings is 3. The first-order valence-electron chi connectivity index (χ1n) is 9.27. The molecule has 30 heavy (non-hydrogen) atoms. The van der Waals surface area contributed by atoms with Gasteiger partial charge < -0.3 is 9.84 Å². The number of aliphatic hydroxyl groups excluding tert-OH is 1. The Labute approximate surface area is 172 Å². The minimum atomic E-state index is -0.993. The molecule has 150 valence electrons. The normalized spacial score (nSPS) is 17.9. The molecule has 1 aliphatic heterocycles. The van der Waals surface area contributed by atoms with Crippen LogP contribution in [0.1, 0.15) is 17.2 Å². The summed E-state index contributed by atoms with van der Waals surface area (Å²) in [6.45, 7) is 0. The van der Waals surface area contributed by atoms with E-state index in [0.29, 0.717) is 22.6 Å². The highest BCUT2D eigenvalue weighted by Gasteiger charge is 2.47. The fourth-order valence-corrected chi connectivity index (χ4v) is 3.60. The molecular formula is C24H18FNO4. The van der Waals surface area contributed by atoms with Gasteiger partial charge in [0.2, 0.25) is 0 Å². The Hall–Kier alpha value is -3.93. The van der Waals surface area contributed by atoms with E-state index in [2.05, 4.69) is 0 Å². The average Bonchev–Trinajstić information content (AvgIpc) is 3.04. The SMILES string of the molecule is COc1cccc(N2C(=O)C(=O)/C(=C(/O)c3ccccc3)C2c2cccc(F)c2)c1. The summed E-state index contributed by atoms with van der Waals surface area (Å²) in [4.78, 5) is 27.3. The number of hydrogen-bond donors (Lipinski definition) is 1. The van der Waals surface area contributed by atoms with Crippen molar-refractivity contribution >= 4 is 23.1 Å². The van der Waals surface area contributed by atoms with Crippen LogP contribution in [0.4, 0.5) is 10.1 Å². The molecule has 1 N–H and O–H groups in total. The lowest BCUT2D eigenvalue weighted by molar-refractivity contribution is -0.132. The molecule has 0 bridgehead atoms. The fraction of sp³-hybridized carbons (Fsp3) is 0.0833. The van der Waals surface area contributed by atoms with Gasteiger partial charge in [-0.05, 0) is 29.8 Å². The van der Waals surface area contributed by atoms with Crippen LogP contribution in [-0.2, 0) is 9.59 Å². The number of halogens is 1. The zero-order valence-corrected chi connectivity index (χ0v) is 16.1. The van der Waals surface area contributed by atoms with Gasteiger partial charge in [-0.2, -0.15) is 0 Å². The molecule has 1 aliphatic rings. The maximum Gasteiger partial charge on any atom is 0.300 e. The van der Waals surface area contributed by atoms with Crippen LogP contribution in [0.5, 0.6) is 5.75 Å². The molecule has 0 radical (unpaired) electrons. The second kappa shape index (κ2) is 7.83. The third kappa shape index (κ3) is 3.33. The summed E-state index contributed by atoms with van der Waals surface area (Å²) < 4.78 is 19.3. The van der Waals surface area contributed by atoms with Crippen LogP contribution < -0.4 is 9.64 Å². The van der Waals surface area contributed by atoms with Gasteiger partial charge in [-0.3, -0.25) is 14.5 Å². The molecule has 0 aliphatic carbocycles. The minimum absolute atomic E-state index is 0.0976. The zero-order valence-electron chi connectivity index (χ0n) is 16.1. The van der Waals surface area contributed by atoms with E-state index >= 15 is 0 Å². The molecular weight excluding hydrogens is 385 g/mol. The molecule has 1 atom stereocenters. The predicted octanol–water partition coefficient (Wildman–Crippen LogP) is 4.46. The average molecular weight is 403 g/mol. The Morgan fingerprint density at radius 2 is 1.70 bits per heavy atom. The van der Waals surface area contributed by atoms with Crippen molar-refractivity contribution in [2.24, 2.45) is 0 Å². The number of carbonyl (C=O) groups is 2. The number of rotatable bonds is 4. The van der Waals surface area contributed by atoms with Crippen LogP contribution in [0.3, 0.4) is 0 Å². The Morgan fingerprint density at radius 3 is 2.40 bits per heavy atom. The summed E-state index contributed by atoms with van der Waals surface area (Å²) in [5.41, 5.74) is 1.06. The first-order chi connectivity index (χ1) is 14.5. The molecule has 1 unspecified atom stereocenters. The lowest BCUT2D eigenvalue weighted by Crippen LogP contribution is -2.29. The monoisotopic (exact) mass is 403 g/mol. The van der Waals surface area contributed by atoms with Crippen LogP contribution in [0.2, 0.25) is 0 Å². The number of carbonyl (C=O) groups excluding carboxylic acids is 2. The predicted molar refractivity (Wildman–Crippen MR) is 111 cm³/mol. The van der Waals surface area contributed by atoms with Crippen molar-refractivity contribution in [1.82, 2.24) is 0 Å². The summed E-state index contributed by atoms with van der Waals surface area (Å²) in [5, 5.41) is 10.9. The van der Waals surface area contributed by atoms with Gasteiger partial charge in [-0.25, -0.2) is 4.39 Å². The second-order valence-corrected chi connectivity index (χ2v) is 6.79. The van der Waals surface area contributed by atoms with Gasteiger partial charge in [0.25, 0.3) is 11.7 Å². The van der Waals surface area contributed by atoms with Crippen LogP contribution in [-0.4, -0.2) is 23.9 Å². The molecule has 1 fully saturated rings. The minimum Gasteiger partial charge on any atom is -0.507 e. The van der Waals surface area contributed by atoms with Crippen molar-refractivity contribution in [1.29, 1.82) is 0 Å². The number of ether oxygens (including phenoxy) is 1. The van der Waals surface area contributed by atoms with E-state index in [4.69, 9.17) is 4.74 Å². The van der Waals surface area contributed by atoms with E-state index in [1.807, 2.05) is 0 Å². The molecule has 1 saturated heterocycles. The lowest BCUT2D eigenvalue weighted by atomic mass is 9.95. The number of aliphatic hydroxyl groups is 1. The quantitative estimate of drug-likeness (QED) is 0.397. The number of anilines is 1. The molecule has 0 spiro atoms. The molecule has 0 aromatic heterocycles. The standard InChI is InChI=1S/C24H18FNO4/c1-30-19-12-6-11-18(14-19)26-21(16-9-5-10-17(25)13-16)20(23(28)24(26)29)22(27)15-7-3-2-4-8-15/h2-14,21,27H,1H3/b22-20+. The Kier molecular flexibility index (Phi) is 5.06. The van der Waals surface area contributed by atoms with E-state index in [1.54, 1.807) is 60.7 Å². The molecule has 5 nitrogen and oxygen atoms in total. The van der Waals surface area contributed by atoms with Gasteiger partial charge in [0.05, 0.1) is 18.7 Å². The van der Waals surface area contributed by atoms with E-state index in [0.717, 1.165) is 0 Å². The third-order valence-electron chi connectivity index (χ3n) is 4.99. The number of hydrogen-bond acceptors (Lipinski definition) is 4. The van der Waals surface area contributed by atoms with Crippen molar-refractivity contribution in [2.45, 2.75) is 6.04 Å². The topological polar surface area (TPSA) is 66.8 Å². The summed E-state index contributed by atoms with van der Waals surface area (Å²) in [6.07, 6.45) is 0. The van der Waals surface area contributed by atoms with Crippen LogP contribution in [0.25, 0.3) is 5.76 Å². The van der Waals surface area contributed by atoms with Crippen LogP contribution in [0, 0.1) is 5.82 Å². The first-order valence-corrected chi connectivity index (χ1v) is 9.27. The molecule has 1 amide bonds. The summed E-state index contributed by atoms with van der Waals surface area (Å²) >= 11 is 0. The van der Waals surface area contributed by atoms with Gasteiger partial charge >= 0.3 is 0 Å². The van der Waals surface area contributed by atoms with E-state index in [1.165, 1.54) is 30.2 Å². The maximum absolute atomic E-state index is 14.0. The zero-order chi connectivity index (χ0) is 21.3. The molecule has 3 aromatic rings. The molecule has 1 heterocycles. The number of Topliss-reactive ketones (excluding diaryl/α,β-unsaturated/α-hetero) is 1. The van der Waals surface area contributed by atoms with Crippen molar-refractivity contribution in [2.75, 3.05) is 12.0 Å². The van der Waals surface area contributed by atoms with Crippen LogP contribution in [0.15, 0.2) is 84.4 Å². The van der Waals surface area contributed by atoms with Gasteiger partial charge in [0, 0.05) is 17.3 Å². The largest absolute Gasteiger partial charge is 0.507 e. The summed E-state index contributed by atoms with van der Waals surface area (Å²) in [5.74, 6) is -1.98. The van der Waals surface area contributed by atoms with Gasteiger partial charge in [0.1, 0.15) is 17.3 Å². The number of nitrogens with zero attached hydrogens (tertiary/aromatic N) is 1. The van der Waals surface area contributed by atoms with Crippen molar-refractivity contribution in [3.05, 3.63) is 101 Å². The van der Waals surface area contributed by atoms with Gasteiger partial charge in [-0.1, -0.05) is 48.5 Å². The molecule has 6 heteroatoms. The molecule has 4 rings (SSSR count). The molecule has 3 aromatic carbocycles. The summed E-state index contributed by atoms with van der Waals surface area (Å²) in [6, 6.07) is 19.8. The number of methoxy groups -OCH3 is 1. The maximum atomic E-state index is 14.0. The van der Waals surface area contributed by atoms with Crippen molar-refractivity contribution in [3.8, 4) is 5.75 Å². The van der Waals surface area contributed by atoms with Gasteiger partial charge in [-0.15, -0.1) is 0 Å². The Bertz CT molecular complexity index is 1160. The fourth-order valence-electron chi connectivity index (χ4n) is 3.60. The number of amides is 1. The third-order valence-corrected chi connectivity index (χ3v) is 4.99.